The maximum atomic E-state index is 14.2. The summed E-state index contributed by atoms with van der Waals surface area (Å²) in [5, 5.41) is 0. The molecule has 2 aliphatic heterocycles. The molecule has 6 rings (SSSR count). The molecule has 1 saturated heterocycles. The zero-order chi connectivity index (χ0) is 26.8. The molecule has 198 valence electrons. The van der Waals surface area contributed by atoms with Crippen LogP contribution in [0.3, 0.4) is 0 Å². The van der Waals surface area contributed by atoms with Crippen molar-refractivity contribution in [1.29, 1.82) is 0 Å². The Kier molecular flexibility index (Phi) is 7.42. The zero-order valence-corrected chi connectivity index (χ0v) is 22.9. The fourth-order valence-electron chi connectivity index (χ4n) is 4.94. The monoisotopic (exact) mass is 587 g/mol. The maximum absolute atomic E-state index is 14.2. The SMILES string of the molecule is [C-]#[N+]c1ccc(COc2cccc(C3=CCN(Cc4nc5ccc(Br)cc5n4CC4CCO4)CC3)n2)c(F)c1. The van der Waals surface area contributed by atoms with E-state index in [9.17, 15) is 4.39 Å². The summed E-state index contributed by atoms with van der Waals surface area (Å²) >= 11 is 3.60. The summed E-state index contributed by atoms with van der Waals surface area (Å²) in [4.78, 5) is 15.3. The minimum atomic E-state index is -0.448. The first-order chi connectivity index (χ1) is 19.1. The summed E-state index contributed by atoms with van der Waals surface area (Å²) in [6.45, 7) is 11.2. The van der Waals surface area contributed by atoms with Gasteiger partial charge in [0.25, 0.3) is 0 Å². The van der Waals surface area contributed by atoms with Gasteiger partial charge >= 0.3 is 0 Å². The quantitative estimate of drug-likeness (QED) is 0.219. The van der Waals surface area contributed by atoms with Crippen molar-refractivity contribution in [3.05, 3.63) is 99.5 Å². The number of fused-ring (bicyclic) bond motifs is 1. The van der Waals surface area contributed by atoms with Crippen molar-refractivity contribution < 1.29 is 13.9 Å². The van der Waals surface area contributed by atoms with E-state index >= 15 is 0 Å². The summed E-state index contributed by atoms with van der Waals surface area (Å²) in [6, 6.07) is 16.3. The summed E-state index contributed by atoms with van der Waals surface area (Å²) in [7, 11) is 0. The van der Waals surface area contributed by atoms with Crippen molar-refractivity contribution in [3.63, 3.8) is 0 Å². The van der Waals surface area contributed by atoms with Crippen LogP contribution in [0.1, 0.15) is 29.9 Å². The molecule has 9 heteroatoms. The zero-order valence-electron chi connectivity index (χ0n) is 21.3. The van der Waals surface area contributed by atoms with Crippen LogP contribution >= 0.6 is 15.9 Å². The third-order valence-corrected chi connectivity index (χ3v) is 7.71. The van der Waals surface area contributed by atoms with Crippen LogP contribution in [-0.2, 0) is 24.4 Å². The molecule has 0 saturated carbocycles. The fraction of sp³-hybridized carbons (Fsp3) is 0.300. The number of hydrogen-bond acceptors (Lipinski definition) is 5. The summed E-state index contributed by atoms with van der Waals surface area (Å²) in [6.07, 6.45) is 4.42. The van der Waals surface area contributed by atoms with Crippen LogP contribution in [0.15, 0.2) is 65.1 Å². The topological polar surface area (TPSA) is 56.8 Å². The van der Waals surface area contributed by atoms with Crippen molar-refractivity contribution in [2.75, 3.05) is 19.7 Å². The van der Waals surface area contributed by atoms with Gasteiger partial charge in [0.15, 0.2) is 5.69 Å². The van der Waals surface area contributed by atoms with Gasteiger partial charge in [0.2, 0.25) is 5.88 Å². The second-order valence-corrected chi connectivity index (χ2v) is 10.7. The van der Waals surface area contributed by atoms with E-state index in [1.807, 2.05) is 18.2 Å². The van der Waals surface area contributed by atoms with Crippen LogP contribution in [0.25, 0.3) is 21.5 Å². The van der Waals surface area contributed by atoms with Crippen molar-refractivity contribution in [2.45, 2.75) is 38.6 Å². The molecule has 1 atom stereocenters. The minimum Gasteiger partial charge on any atom is -0.473 e. The Balaban J connectivity index is 1.13. The minimum absolute atomic E-state index is 0.0524. The van der Waals surface area contributed by atoms with Crippen LogP contribution in [-0.4, -0.2) is 45.2 Å². The molecular formula is C30H27BrFN5O2. The van der Waals surface area contributed by atoms with Crippen LogP contribution in [0.2, 0.25) is 0 Å². The summed E-state index contributed by atoms with van der Waals surface area (Å²) < 4.78 is 29.1. The third-order valence-electron chi connectivity index (χ3n) is 7.22. The number of hydrogen-bond donors (Lipinski definition) is 0. The predicted octanol–water partition coefficient (Wildman–Crippen LogP) is 6.54. The number of pyridine rings is 1. The van der Waals surface area contributed by atoms with Gasteiger partial charge < -0.3 is 14.0 Å². The molecule has 7 nitrogen and oxygen atoms in total. The Bertz CT molecular complexity index is 1590. The second kappa shape index (κ2) is 11.3. The van der Waals surface area contributed by atoms with Gasteiger partial charge in [-0.05, 0) is 48.7 Å². The Morgan fingerprint density at radius 1 is 1.15 bits per heavy atom. The Morgan fingerprint density at radius 3 is 2.79 bits per heavy atom. The molecule has 0 radical (unpaired) electrons. The van der Waals surface area contributed by atoms with E-state index in [1.54, 1.807) is 18.2 Å². The highest BCUT2D eigenvalue weighted by molar-refractivity contribution is 9.10. The normalized spacial score (nSPS) is 17.5. The molecule has 2 aliphatic rings. The molecule has 2 aromatic carbocycles. The van der Waals surface area contributed by atoms with Gasteiger partial charge in [-0.25, -0.2) is 19.2 Å². The molecule has 4 heterocycles. The molecule has 0 aliphatic carbocycles. The predicted molar refractivity (Wildman–Crippen MR) is 151 cm³/mol. The fourth-order valence-corrected chi connectivity index (χ4v) is 5.29. The highest BCUT2D eigenvalue weighted by Gasteiger charge is 2.23. The lowest BCUT2D eigenvalue weighted by atomic mass is 10.0. The molecule has 1 fully saturated rings. The number of aromatic nitrogens is 3. The van der Waals surface area contributed by atoms with Gasteiger partial charge in [-0.3, -0.25) is 4.90 Å². The van der Waals surface area contributed by atoms with Crippen molar-refractivity contribution in [2.24, 2.45) is 0 Å². The van der Waals surface area contributed by atoms with Gasteiger partial charge in [-0.15, -0.1) is 0 Å². The van der Waals surface area contributed by atoms with E-state index < -0.39 is 5.82 Å². The van der Waals surface area contributed by atoms with E-state index in [1.165, 1.54) is 11.6 Å². The lowest BCUT2D eigenvalue weighted by Crippen LogP contribution is -2.33. The summed E-state index contributed by atoms with van der Waals surface area (Å²) in [5.74, 6) is 1.05. The third kappa shape index (κ3) is 5.74. The molecule has 39 heavy (non-hydrogen) atoms. The highest BCUT2D eigenvalue weighted by atomic mass is 79.9. The summed E-state index contributed by atoms with van der Waals surface area (Å²) in [5.41, 5.74) is 4.84. The van der Waals surface area contributed by atoms with Crippen LogP contribution < -0.4 is 4.74 Å². The molecule has 4 aromatic rings. The molecule has 0 amide bonds. The Labute approximate surface area is 234 Å². The van der Waals surface area contributed by atoms with Gasteiger partial charge in [0.1, 0.15) is 18.2 Å². The number of benzene rings is 2. The Hall–Kier alpha value is -3.58. The van der Waals surface area contributed by atoms with Gasteiger partial charge in [0.05, 0.1) is 42.5 Å². The number of halogens is 2. The van der Waals surface area contributed by atoms with Crippen molar-refractivity contribution in [3.8, 4) is 5.88 Å². The van der Waals surface area contributed by atoms with Crippen molar-refractivity contribution >= 4 is 38.2 Å². The molecule has 0 bridgehead atoms. The van der Waals surface area contributed by atoms with E-state index in [0.29, 0.717) is 11.4 Å². The molecule has 2 aromatic heterocycles. The standard InChI is InChI=1S/C30H27BrFN5O2/c1-33-23-7-5-21(25(32)16-23)19-39-30-4-2-3-26(35-30)20-9-12-36(13-10-20)18-29-34-27-8-6-22(31)15-28(27)37(29)17-24-11-14-38-24/h2-9,15-16,24H,10-14,17-19H2. The van der Waals surface area contributed by atoms with Gasteiger partial charge in [-0.1, -0.05) is 40.2 Å². The van der Waals surface area contributed by atoms with Crippen LogP contribution in [0.5, 0.6) is 5.88 Å². The van der Waals surface area contributed by atoms with Gasteiger partial charge in [0, 0.05) is 35.8 Å². The molecular weight excluding hydrogens is 561 g/mol. The van der Waals surface area contributed by atoms with Gasteiger partial charge in [-0.2, -0.15) is 0 Å². The average molecular weight is 588 g/mol. The highest BCUT2D eigenvalue weighted by Crippen LogP contribution is 2.27. The molecule has 0 spiro atoms. The van der Waals surface area contributed by atoms with E-state index in [4.69, 9.17) is 21.0 Å². The number of imidazole rings is 1. The lowest BCUT2D eigenvalue weighted by Gasteiger charge is -2.29. The van der Waals surface area contributed by atoms with Crippen LogP contribution in [0, 0.1) is 12.4 Å². The largest absolute Gasteiger partial charge is 0.473 e. The first-order valence-electron chi connectivity index (χ1n) is 13.0. The first-order valence-corrected chi connectivity index (χ1v) is 13.8. The van der Waals surface area contributed by atoms with Crippen molar-refractivity contribution in [1.82, 2.24) is 19.4 Å². The maximum Gasteiger partial charge on any atom is 0.214 e. The van der Waals surface area contributed by atoms with E-state index in [0.717, 1.165) is 72.7 Å². The lowest BCUT2D eigenvalue weighted by molar-refractivity contribution is -0.0591. The average Bonchev–Trinajstić information content (AvgIpc) is 3.26. The first kappa shape index (κ1) is 25.7. The molecule has 0 N–H and O–H groups in total. The smallest absolute Gasteiger partial charge is 0.214 e. The van der Waals surface area contributed by atoms with E-state index in [-0.39, 0.29) is 18.4 Å². The number of ether oxygens (including phenoxy) is 2. The number of rotatable bonds is 8. The van der Waals surface area contributed by atoms with E-state index in [2.05, 4.69) is 53.4 Å². The van der Waals surface area contributed by atoms with Crippen LogP contribution in [0.4, 0.5) is 10.1 Å². The molecule has 1 unspecified atom stereocenters. The Morgan fingerprint density at radius 2 is 2.05 bits per heavy atom. The number of nitrogens with zero attached hydrogens (tertiary/aromatic N) is 5. The second-order valence-electron chi connectivity index (χ2n) is 9.80.